The second kappa shape index (κ2) is 15.8. The summed E-state index contributed by atoms with van der Waals surface area (Å²) in [6.45, 7) is 13.5. The summed E-state index contributed by atoms with van der Waals surface area (Å²) in [6, 6.07) is 5.88. The first-order valence-corrected chi connectivity index (χ1v) is 14.6. The molecule has 1 aliphatic heterocycles. The van der Waals surface area contributed by atoms with Gasteiger partial charge in [-0.25, -0.2) is 4.98 Å². The number of nitrogens with zero attached hydrogens (tertiary/aromatic N) is 2. The van der Waals surface area contributed by atoms with E-state index in [1.807, 2.05) is 46.8 Å². The molecular weight excluding hydrogens is 506 g/mol. The van der Waals surface area contributed by atoms with E-state index >= 15 is 0 Å². The number of esters is 1. The second-order valence-corrected chi connectivity index (χ2v) is 10.9. The first kappa shape index (κ1) is 31.7. The molecule has 0 spiro atoms. The summed E-state index contributed by atoms with van der Waals surface area (Å²) >= 11 is 0. The van der Waals surface area contributed by atoms with Crippen molar-refractivity contribution in [1.82, 2.24) is 14.9 Å². The van der Waals surface area contributed by atoms with Gasteiger partial charge in [0, 0.05) is 45.4 Å². The molecule has 1 saturated heterocycles. The maximum absolute atomic E-state index is 12.6. The number of ketones is 1. The van der Waals surface area contributed by atoms with Crippen LogP contribution in [0.25, 0.3) is 16.6 Å². The Labute approximate surface area is 239 Å². The second-order valence-electron chi connectivity index (χ2n) is 10.9. The van der Waals surface area contributed by atoms with Gasteiger partial charge in [0.1, 0.15) is 18.5 Å². The fourth-order valence-electron chi connectivity index (χ4n) is 5.03. The predicted molar refractivity (Wildman–Crippen MR) is 159 cm³/mol. The Morgan fingerprint density at radius 2 is 1.98 bits per heavy atom. The van der Waals surface area contributed by atoms with Crippen molar-refractivity contribution in [3.05, 3.63) is 47.3 Å². The van der Waals surface area contributed by atoms with Gasteiger partial charge >= 0.3 is 5.97 Å². The highest BCUT2D eigenvalue weighted by Crippen LogP contribution is 2.28. The van der Waals surface area contributed by atoms with Crippen LogP contribution in [0.4, 0.5) is 0 Å². The number of rotatable bonds is 15. The highest BCUT2D eigenvalue weighted by Gasteiger charge is 2.24. The Balaban J connectivity index is 1.91. The predicted octanol–water partition coefficient (Wildman–Crippen LogP) is 5.49. The topological polar surface area (TPSA) is 91.7 Å². The number of methoxy groups -OCH3 is 1. The van der Waals surface area contributed by atoms with Crippen molar-refractivity contribution in [2.75, 3.05) is 33.5 Å². The third-order valence-corrected chi connectivity index (χ3v) is 7.43. The molecule has 0 saturated carbocycles. The molecule has 0 amide bonds. The molecule has 1 fully saturated rings. The van der Waals surface area contributed by atoms with E-state index < -0.39 is 6.04 Å². The molecule has 1 unspecified atom stereocenters. The van der Waals surface area contributed by atoms with Crippen LogP contribution < -0.4 is 5.32 Å². The van der Waals surface area contributed by atoms with E-state index in [1.54, 1.807) is 7.11 Å². The number of carbonyl (C=O) groups excluding carboxylic acids is 2. The number of aromatic nitrogens is 2. The van der Waals surface area contributed by atoms with Crippen LogP contribution in [-0.2, 0) is 36.9 Å². The lowest BCUT2D eigenvalue weighted by Crippen LogP contribution is -2.42. The zero-order chi connectivity index (χ0) is 29.1. The number of fused-ring (bicyclic) bond motifs is 1. The standard InChI is InChI=1S/C32H47N3O5/c1-7-9-29(36)23(5)18-26(8-2)31-34-27-19-25(20-33-30(22(3)4)32(37)40-17-16-38-6)10-11-28(27)35(31)21-24-12-14-39-15-13-24/h8,10-11,18-19,22,24,30,33H,7,9,12-17,20-21H2,1-6H3/b23-18-,26-8+. The number of Topliss-reactive ketones (excluding diaryl/α,β-unsaturated/α-hetero) is 1. The lowest BCUT2D eigenvalue weighted by Gasteiger charge is -2.24. The van der Waals surface area contributed by atoms with Crippen molar-refractivity contribution >= 4 is 28.4 Å². The minimum atomic E-state index is -0.419. The van der Waals surface area contributed by atoms with Crippen LogP contribution in [0.5, 0.6) is 0 Å². The molecule has 1 aromatic heterocycles. The van der Waals surface area contributed by atoms with E-state index in [0.29, 0.717) is 25.5 Å². The van der Waals surface area contributed by atoms with Crippen LogP contribution >= 0.6 is 0 Å². The van der Waals surface area contributed by atoms with Crippen LogP contribution in [0.3, 0.4) is 0 Å². The molecule has 0 aliphatic carbocycles. The van der Waals surface area contributed by atoms with Crippen molar-refractivity contribution < 1.29 is 23.8 Å². The van der Waals surface area contributed by atoms with Gasteiger partial charge in [-0.15, -0.1) is 0 Å². The van der Waals surface area contributed by atoms with Crippen molar-refractivity contribution in [2.24, 2.45) is 11.8 Å². The number of benzene rings is 1. The Kier molecular flexibility index (Phi) is 12.6. The summed E-state index contributed by atoms with van der Waals surface area (Å²) in [7, 11) is 1.58. The van der Waals surface area contributed by atoms with Crippen LogP contribution in [0.15, 0.2) is 35.9 Å². The molecule has 40 heavy (non-hydrogen) atoms. The monoisotopic (exact) mass is 553 g/mol. The molecule has 8 nitrogen and oxygen atoms in total. The lowest BCUT2D eigenvalue weighted by atomic mass is 9.99. The van der Waals surface area contributed by atoms with Gasteiger partial charge in [0.05, 0.1) is 17.6 Å². The number of imidazole rings is 1. The summed E-state index contributed by atoms with van der Waals surface area (Å²) in [4.78, 5) is 30.3. The van der Waals surface area contributed by atoms with E-state index in [1.165, 1.54) is 0 Å². The first-order chi connectivity index (χ1) is 19.3. The van der Waals surface area contributed by atoms with Crippen LogP contribution in [0, 0.1) is 11.8 Å². The fraction of sp³-hybridized carbons (Fsp3) is 0.594. The minimum Gasteiger partial charge on any atom is -0.462 e. The normalized spacial score (nSPS) is 16.1. The maximum Gasteiger partial charge on any atom is 0.323 e. The average Bonchev–Trinajstić information content (AvgIpc) is 3.29. The molecular formula is C32H47N3O5. The van der Waals surface area contributed by atoms with Crippen LogP contribution in [-0.4, -0.2) is 60.9 Å². The minimum absolute atomic E-state index is 0.0757. The number of hydrogen-bond acceptors (Lipinski definition) is 7. The van der Waals surface area contributed by atoms with Gasteiger partial charge in [0.25, 0.3) is 0 Å². The van der Waals surface area contributed by atoms with E-state index in [-0.39, 0.29) is 24.3 Å². The van der Waals surface area contributed by atoms with Gasteiger partial charge in [-0.05, 0) is 74.3 Å². The fourth-order valence-corrected chi connectivity index (χ4v) is 5.03. The molecule has 1 atom stereocenters. The van der Waals surface area contributed by atoms with Gasteiger partial charge in [-0.2, -0.15) is 0 Å². The summed E-state index contributed by atoms with van der Waals surface area (Å²) < 4.78 is 18.3. The first-order valence-electron chi connectivity index (χ1n) is 14.6. The molecule has 3 rings (SSSR count). The molecule has 1 aromatic carbocycles. The molecule has 220 valence electrons. The van der Waals surface area contributed by atoms with Crippen molar-refractivity contribution in [2.45, 2.75) is 79.4 Å². The summed E-state index contributed by atoms with van der Waals surface area (Å²) in [5.74, 6) is 1.36. The lowest BCUT2D eigenvalue weighted by molar-refractivity contribution is -0.148. The van der Waals surface area contributed by atoms with E-state index in [9.17, 15) is 9.59 Å². The van der Waals surface area contributed by atoms with Crippen molar-refractivity contribution in [3.63, 3.8) is 0 Å². The largest absolute Gasteiger partial charge is 0.462 e. The Hall–Kier alpha value is -2.81. The quantitative estimate of drug-likeness (QED) is 0.135. The molecule has 2 aromatic rings. The number of allylic oxidation sites excluding steroid dienone is 4. The van der Waals surface area contributed by atoms with Crippen LogP contribution in [0.2, 0.25) is 0 Å². The van der Waals surface area contributed by atoms with Gasteiger partial charge in [0.15, 0.2) is 5.78 Å². The van der Waals surface area contributed by atoms with Gasteiger partial charge < -0.3 is 24.1 Å². The Morgan fingerprint density at radius 3 is 2.62 bits per heavy atom. The SMILES string of the molecule is C/C=C(\C=C(\C)C(=O)CCC)c1nc2cc(CNC(C(=O)OCCOC)C(C)C)ccc2n1CC1CCOCC1. The zero-order valence-corrected chi connectivity index (χ0v) is 25.1. The van der Waals surface area contributed by atoms with Crippen LogP contribution in [0.1, 0.15) is 71.7 Å². The maximum atomic E-state index is 12.6. The Morgan fingerprint density at radius 1 is 1.23 bits per heavy atom. The highest BCUT2D eigenvalue weighted by molar-refractivity contribution is 5.97. The average molecular weight is 554 g/mol. The molecule has 8 heteroatoms. The Bertz CT molecular complexity index is 1190. The van der Waals surface area contributed by atoms with Crippen molar-refractivity contribution in [3.8, 4) is 0 Å². The van der Waals surface area contributed by atoms with E-state index in [4.69, 9.17) is 19.2 Å². The molecule has 2 heterocycles. The van der Waals surface area contributed by atoms with Gasteiger partial charge in [0.2, 0.25) is 0 Å². The smallest absolute Gasteiger partial charge is 0.323 e. The zero-order valence-electron chi connectivity index (χ0n) is 25.1. The molecule has 1 N–H and O–H groups in total. The highest BCUT2D eigenvalue weighted by atomic mass is 16.6. The molecule has 1 aliphatic rings. The molecule has 0 radical (unpaired) electrons. The molecule has 0 bridgehead atoms. The number of carbonyl (C=O) groups is 2. The number of ether oxygens (including phenoxy) is 3. The third kappa shape index (κ3) is 8.59. The third-order valence-electron chi connectivity index (χ3n) is 7.43. The number of hydrogen-bond donors (Lipinski definition) is 1. The van der Waals surface area contributed by atoms with Gasteiger partial charge in [-0.3, -0.25) is 9.59 Å². The summed E-state index contributed by atoms with van der Waals surface area (Å²) in [6.07, 6.45) is 7.43. The summed E-state index contributed by atoms with van der Waals surface area (Å²) in [5, 5.41) is 3.38. The van der Waals surface area contributed by atoms with E-state index in [2.05, 4.69) is 28.1 Å². The van der Waals surface area contributed by atoms with Crippen molar-refractivity contribution in [1.29, 1.82) is 0 Å². The summed E-state index contributed by atoms with van der Waals surface area (Å²) in [5.41, 5.74) is 4.70. The number of nitrogens with one attached hydrogen (secondary N) is 1. The van der Waals surface area contributed by atoms with Gasteiger partial charge in [-0.1, -0.05) is 32.9 Å². The van der Waals surface area contributed by atoms with E-state index in [0.717, 1.165) is 72.6 Å².